The number of aryl methyl sites for hydroxylation is 2. The number of ether oxygens (including phenoxy) is 1. The molecule has 0 atom stereocenters. The fourth-order valence-electron chi connectivity index (χ4n) is 4.29. The monoisotopic (exact) mass is 510 g/mol. The van der Waals surface area contributed by atoms with Gasteiger partial charge in [0.05, 0.1) is 18.4 Å². The van der Waals surface area contributed by atoms with E-state index in [-0.39, 0.29) is 0 Å². The Kier molecular flexibility index (Phi) is 7.94. The van der Waals surface area contributed by atoms with Crippen molar-refractivity contribution in [3.05, 3.63) is 156 Å². The molecule has 0 unspecified atom stereocenters. The molecule has 0 spiro atoms. The van der Waals surface area contributed by atoms with E-state index in [0.29, 0.717) is 0 Å². The van der Waals surface area contributed by atoms with Crippen molar-refractivity contribution in [2.75, 3.05) is 12.4 Å². The zero-order chi connectivity index (χ0) is 27.0. The highest BCUT2D eigenvalue weighted by molar-refractivity contribution is 6.10. The molecule has 0 aliphatic heterocycles. The number of anilines is 1. The quantitative estimate of drug-likeness (QED) is 0.142. The van der Waals surface area contributed by atoms with Gasteiger partial charge < -0.3 is 4.74 Å². The van der Waals surface area contributed by atoms with Gasteiger partial charge in [-0.1, -0.05) is 71.8 Å². The minimum atomic E-state index is 0.808. The lowest BCUT2D eigenvalue weighted by atomic mass is 10.1. The van der Waals surface area contributed by atoms with E-state index in [9.17, 15) is 0 Å². The van der Waals surface area contributed by atoms with E-state index in [1.165, 1.54) is 11.1 Å². The smallest absolute Gasteiger partial charge is 0.275 e. The van der Waals surface area contributed by atoms with Crippen LogP contribution < -0.4 is 10.1 Å². The van der Waals surface area contributed by atoms with Crippen LogP contribution in [0.3, 0.4) is 0 Å². The van der Waals surface area contributed by atoms with Crippen LogP contribution in [0.1, 0.15) is 22.3 Å². The Bertz CT molecular complexity index is 1570. The van der Waals surface area contributed by atoms with Crippen LogP contribution in [0.2, 0.25) is 0 Å². The van der Waals surface area contributed by atoms with Crippen molar-refractivity contribution in [1.29, 1.82) is 0 Å². The molecular weight excluding hydrogens is 478 g/mol. The second-order valence-electron chi connectivity index (χ2n) is 9.38. The largest absolute Gasteiger partial charge is 0.497 e. The van der Waals surface area contributed by atoms with Crippen LogP contribution in [0, 0.1) is 13.8 Å². The van der Waals surface area contributed by atoms with Crippen molar-refractivity contribution in [1.82, 2.24) is 0 Å². The third kappa shape index (κ3) is 6.31. The van der Waals surface area contributed by atoms with Crippen molar-refractivity contribution in [3.8, 4) is 5.75 Å². The van der Waals surface area contributed by atoms with Crippen LogP contribution in [0.5, 0.6) is 5.75 Å². The molecular formula is C35H32N3O+. The fraction of sp³-hybridized carbons (Fsp3) is 0.0857. The Morgan fingerprint density at radius 1 is 0.615 bits per heavy atom. The van der Waals surface area contributed by atoms with Crippen LogP contribution in [0.4, 0.5) is 17.1 Å². The van der Waals surface area contributed by atoms with E-state index in [1.807, 2.05) is 48.5 Å². The first kappa shape index (κ1) is 25.7. The highest BCUT2D eigenvalue weighted by Gasteiger charge is 2.25. The highest BCUT2D eigenvalue weighted by atomic mass is 16.5. The Balaban J connectivity index is 1.82. The minimum absolute atomic E-state index is 0.808. The van der Waals surface area contributed by atoms with Gasteiger partial charge in [-0.05, 0) is 86.6 Å². The summed E-state index contributed by atoms with van der Waals surface area (Å²) in [5.41, 5.74) is 7.24. The maximum atomic E-state index is 5.39. The van der Waals surface area contributed by atoms with Crippen LogP contribution in [0.15, 0.2) is 138 Å². The minimum Gasteiger partial charge on any atom is -0.497 e. The average molecular weight is 511 g/mol. The second kappa shape index (κ2) is 12.1. The molecule has 1 N–H and O–H groups in total. The van der Waals surface area contributed by atoms with Gasteiger partial charge in [0.2, 0.25) is 5.84 Å². The Morgan fingerprint density at radius 2 is 1.15 bits per heavy atom. The molecule has 0 aliphatic rings. The number of benzene rings is 5. The van der Waals surface area contributed by atoms with Gasteiger partial charge in [-0.3, -0.25) is 5.32 Å². The van der Waals surface area contributed by atoms with Gasteiger partial charge in [0.1, 0.15) is 17.1 Å². The Hall–Kier alpha value is -4.96. The standard InChI is InChI=1S/C35H31N3O/c1-26-14-18-30(19-15-26)36-34(28-10-6-4-7-11-28)38(32-22-16-27(2)17-23-32)35(29-12-8-5-9-13-29)37-31-20-24-33(39-3)25-21-31/h4-25H,1-3H3/p+1. The lowest BCUT2D eigenvalue weighted by Gasteiger charge is -2.17. The fourth-order valence-corrected chi connectivity index (χ4v) is 4.29. The summed E-state index contributed by atoms with van der Waals surface area (Å²) >= 11 is 0. The Labute approximate surface area is 230 Å². The van der Waals surface area contributed by atoms with Crippen LogP contribution in [-0.2, 0) is 0 Å². The van der Waals surface area contributed by atoms with Gasteiger partial charge in [0.25, 0.3) is 5.84 Å². The molecule has 5 rings (SSSR count). The molecule has 4 heteroatoms. The lowest BCUT2D eigenvalue weighted by molar-refractivity contribution is -0.304. The predicted octanol–water partition coefficient (Wildman–Crippen LogP) is 8.29. The number of nitrogens with zero attached hydrogens (tertiary/aromatic N) is 2. The normalized spacial score (nSPS) is 12.0. The summed E-state index contributed by atoms with van der Waals surface area (Å²) in [6.07, 6.45) is 0. The molecule has 0 radical (unpaired) electrons. The molecule has 5 aromatic carbocycles. The summed E-state index contributed by atoms with van der Waals surface area (Å²) in [6.45, 7) is 4.19. The van der Waals surface area contributed by atoms with Crippen LogP contribution in [0.25, 0.3) is 0 Å². The topological polar surface area (TPSA) is 36.6 Å². The van der Waals surface area contributed by atoms with Gasteiger partial charge in [0.15, 0.2) is 0 Å². The lowest BCUT2D eigenvalue weighted by Crippen LogP contribution is -2.31. The Morgan fingerprint density at radius 3 is 1.72 bits per heavy atom. The summed E-state index contributed by atoms with van der Waals surface area (Å²) in [6, 6.07) is 45.5. The van der Waals surface area contributed by atoms with Crippen molar-refractivity contribution in [2.24, 2.45) is 4.99 Å². The molecule has 39 heavy (non-hydrogen) atoms. The van der Waals surface area contributed by atoms with E-state index in [0.717, 1.165) is 45.6 Å². The number of aliphatic imine (C=N–C) groups is 1. The molecule has 0 aliphatic carbocycles. The summed E-state index contributed by atoms with van der Waals surface area (Å²) in [4.78, 5) is 5.25. The maximum Gasteiger partial charge on any atom is 0.275 e. The molecule has 5 aromatic rings. The van der Waals surface area contributed by atoms with Crippen molar-refractivity contribution in [3.63, 3.8) is 0 Å². The van der Waals surface area contributed by atoms with E-state index in [1.54, 1.807) is 7.11 Å². The molecule has 0 fully saturated rings. The molecule has 0 aromatic heterocycles. The molecule has 0 saturated heterocycles. The van der Waals surface area contributed by atoms with E-state index in [4.69, 9.17) is 9.73 Å². The number of rotatable bonds is 6. The van der Waals surface area contributed by atoms with Crippen molar-refractivity contribution in [2.45, 2.75) is 13.8 Å². The average Bonchev–Trinajstić information content (AvgIpc) is 2.99. The van der Waals surface area contributed by atoms with Gasteiger partial charge in [-0.15, -0.1) is 4.99 Å². The zero-order valence-corrected chi connectivity index (χ0v) is 22.5. The van der Waals surface area contributed by atoms with E-state index < -0.39 is 0 Å². The third-order valence-electron chi connectivity index (χ3n) is 6.43. The number of nitrogens with one attached hydrogen (secondary N) is 1. The zero-order valence-electron chi connectivity index (χ0n) is 22.5. The highest BCUT2D eigenvalue weighted by Crippen LogP contribution is 2.24. The first-order valence-electron chi connectivity index (χ1n) is 13.0. The number of methoxy groups -OCH3 is 1. The van der Waals surface area contributed by atoms with Gasteiger partial charge in [-0.2, -0.15) is 4.58 Å². The van der Waals surface area contributed by atoms with Crippen molar-refractivity contribution < 1.29 is 9.31 Å². The van der Waals surface area contributed by atoms with Crippen molar-refractivity contribution >= 4 is 28.7 Å². The number of amidine groups is 2. The van der Waals surface area contributed by atoms with Crippen LogP contribution in [-0.4, -0.2) is 23.4 Å². The van der Waals surface area contributed by atoms with Gasteiger partial charge >= 0.3 is 0 Å². The summed E-state index contributed by atoms with van der Waals surface area (Å²) in [7, 11) is 1.68. The van der Waals surface area contributed by atoms with Gasteiger partial charge in [-0.25, -0.2) is 0 Å². The first-order chi connectivity index (χ1) is 19.1. The third-order valence-corrected chi connectivity index (χ3v) is 6.43. The summed E-state index contributed by atoms with van der Waals surface area (Å²) < 4.78 is 7.60. The van der Waals surface area contributed by atoms with E-state index >= 15 is 0 Å². The summed E-state index contributed by atoms with van der Waals surface area (Å²) in [5.74, 6) is 2.51. The summed E-state index contributed by atoms with van der Waals surface area (Å²) in [5, 5.41) is 3.71. The first-order valence-corrected chi connectivity index (χ1v) is 13.0. The van der Waals surface area contributed by atoms with Gasteiger partial charge in [0, 0.05) is 5.56 Å². The van der Waals surface area contributed by atoms with E-state index in [2.05, 4.69) is 109 Å². The molecule has 0 heterocycles. The number of hydrogen-bond donors (Lipinski definition) is 1. The molecule has 0 amide bonds. The number of hydrogen-bond acceptors (Lipinski definition) is 2. The van der Waals surface area contributed by atoms with Crippen LogP contribution >= 0.6 is 0 Å². The molecule has 4 nitrogen and oxygen atoms in total. The predicted molar refractivity (Wildman–Crippen MR) is 162 cm³/mol. The molecule has 0 saturated carbocycles. The molecule has 192 valence electrons. The maximum absolute atomic E-state index is 5.39. The SMILES string of the molecule is COc1ccc(NC(c2ccccc2)=[N+](C(=Nc2ccc(C)cc2)c2ccccc2)c2ccc(C)cc2)cc1. The second-order valence-corrected chi connectivity index (χ2v) is 9.38. The molecule has 0 bridgehead atoms.